The van der Waals surface area contributed by atoms with Crippen molar-refractivity contribution in [2.75, 3.05) is 27.2 Å². The van der Waals surface area contributed by atoms with Gasteiger partial charge in [0.25, 0.3) is 0 Å². The van der Waals surface area contributed by atoms with Crippen LogP contribution in [0.15, 0.2) is 24.3 Å². The second kappa shape index (κ2) is 32.9. The highest BCUT2D eigenvalue weighted by molar-refractivity contribution is 4.82. The van der Waals surface area contributed by atoms with Gasteiger partial charge in [0, 0.05) is 0 Å². The molecule has 1 heteroatoms. The van der Waals surface area contributed by atoms with Gasteiger partial charge in [0.15, 0.2) is 0 Å². The summed E-state index contributed by atoms with van der Waals surface area (Å²) in [6.45, 7) is 7.33. The normalized spacial score (nSPS) is 12.4. The molecule has 0 unspecified atom stereocenters. The minimum atomic E-state index is 1.23. The fraction of sp³-hybridized carbons (Fsp3) is 0.897. The number of hydrogen-bond acceptors (Lipinski definition) is 0. The van der Waals surface area contributed by atoms with E-state index in [2.05, 4.69) is 52.2 Å². The highest BCUT2D eigenvalue weighted by atomic mass is 15.3. The first-order valence-electron chi connectivity index (χ1n) is 18.7. The zero-order chi connectivity index (χ0) is 29.2. The number of allylic oxidation sites excluding steroid dienone is 4. The van der Waals surface area contributed by atoms with Gasteiger partial charge in [0.1, 0.15) is 0 Å². The van der Waals surface area contributed by atoms with Gasteiger partial charge in [-0.1, -0.05) is 147 Å². The predicted molar refractivity (Wildman–Crippen MR) is 185 cm³/mol. The number of quaternary nitrogens is 1. The fourth-order valence-corrected chi connectivity index (χ4v) is 5.86. The summed E-state index contributed by atoms with van der Waals surface area (Å²) in [6.07, 6.45) is 50.5. The van der Waals surface area contributed by atoms with Crippen molar-refractivity contribution in [1.29, 1.82) is 0 Å². The van der Waals surface area contributed by atoms with Gasteiger partial charge in [-0.2, -0.15) is 0 Å². The molecule has 0 spiro atoms. The SMILES string of the molecule is CCCCCCCCC=CCCCCCCCCC[N+](C)(C)CCCCCCCCC=CCCCCCCCC. The lowest BCUT2D eigenvalue weighted by Gasteiger charge is -2.30. The molecule has 0 aliphatic rings. The van der Waals surface area contributed by atoms with Crippen LogP contribution in [0.3, 0.4) is 0 Å². The second-order valence-electron chi connectivity index (χ2n) is 13.6. The molecule has 0 rings (SSSR count). The standard InChI is InChI=1S/C39H78N/c1-5-7-9-11-13-15-17-19-21-23-25-27-29-31-33-35-37-39-40(3,4)38-36-34-32-30-28-26-24-22-20-18-16-14-12-10-8-6-2/h19-22H,5-18,23-39H2,1-4H3/q+1. The van der Waals surface area contributed by atoms with E-state index in [1.54, 1.807) is 0 Å². The van der Waals surface area contributed by atoms with Crippen LogP contribution in [0.1, 0.15) is 200 Å². The Morgan fingerprint density at radius 3 is 0.800 bits per heavy atom. The molecule has 0 saturated carbocycles. The third-order valence-electron chi connectivity index (χ3n) is 8.80. The molecule has 0 aromatic heterocycles. The first kappa shape index (κ1) is 39.4. The molecule has 0 aromatic carbocycles. The van der Waals surface area contributed by atoms with Gasteiger partial charge >= 0.3 is 0 Å². The lowest BCUT2D eigenvalue weighted by atomic mass is 10.1. The molecule has 238 valence electrons. The molecule has 40 heavy (non-hydrogen) atoms. The molecular weight excluding hydrogens is 482 g/mol. The van der Waals surface area contributed by atoms with Crippen LogP contribution in [0.4, 0.5) is 0 Å². The van der Waals surface area contributed by atoms with Gasteiger partial charge in [0.2, 0.25) is 0 Å². The molecule has 0 heterocycles. The van der Waals surface area contributed by atoms with Gasteiger partial charge in [-0.15, -0.1) is 0 Å². The van der Waals surface area contributed by atoms with Gasteiger partial charge in [-0.3, -0.25) is 0 Å². The fourth-order valence-electron chi connectivity index (χ4n) is 5.86. The summed E-state index contributed by atoms with van der Waals surface area (Å²) in [7, 11) is 4.91. The highest BCUT2D eigenvalue weighted by Crippen LogP contribution is 2.14. The van der Waals surface area contributed by atoms with E-state index in [0.29, 0.717) is 0 Å². The first-order chi connectivity index (χ1) is 19.6. The molecule has 0 aliphatic heterocycles. The average molecular weight is 561 g/mol. The van der Waals surface area contributed by atoms with Crippen molar-refractivity contribution in [3.05, 3.63) is 24.3 Å². The van der Waals surface area contributed by atoms with Crippen LogP contribution in [-0.2, 0) is 0 Å². The lowest BCUT2D eigenvalue weighted by Crippen LogP contribution is -2.41. The summed E-state index contributed by atoms with van der Waals surface area (Å²) >= 11 is 0. The summed E-state index contributed by atoms with van der Waals surface area (Å²) in [5.74, 6) is 0. The van der Waals surface area contributed by atoms with E-state index in [1.165, 1.54) is 204 Å². The Balaban J connectivity index is 3.35. The molecule has 0 amide bonds. The first-order valence-corrected chi connectivity index (χ1v) is 18.7. The van der Waals surface area contributed by atoms with E-state index in [-0.39, 0.29) is 0 Å². The molecule has 0 N–H and O–H groups in total. The molecule has 0 aliphatic carbocycles. The topological polar surface area (TPSA) is 0 Å². The molecular formula is C39H78N+. The number of unbranched alkanes of at least 4 members (excludes halogenated alkanes) is 25. The smallest absolute Gasteiger partial charge is 0.0782 e. The van der Waals surface area contributed by atoms with Crippen LogP contribution in [0.2, 0.25) is 0 Å². The van der Waals surface area contributed by atoms with Crippen molar-refractivity contribution in [1.82, 2.24) is 0 Å². The number of rotatable bonds is 33. The molecule has 1 nitrogen and oxygen atoms in total. The van der Waals surface area contributed by atoms with E-state index in [1.807, 2.05) is 0 Å². The van der Waals surface area contributed by atoms with E-state index in [9.17, 15) is 0 Å². The zero-order valence-electron chi connectivity index (χ0n) is 28.7. The van der Waals surface area contributed by atoms with Crippen LogP contribution < -0.4 is 0 Å². The Kier molecular flexibility index (Phi) is 32.5. The summed E-state index contributed by atoms with van der Waals surface area (Å²) in [4.78, 5) is 0. The van der Waals surface area contributed by atoms with E-state index in [0.717, 1.165) is 0 Å². The Morgan fingerprint density at radius 1 is 0.300 bits per heavy atom. The Bertz CT molecular complexity index is 517. The van der Waals surface area contributed by atoms with Crippen LogP contribution in [0.5, 0.6) is 0 Å². The summed E-state index contributed by atoms with van der Waals surface area (Å²) in [5.41, 5.74) is 0. The van der Waals surface area contributed by atoms with Crippen LogP contribution >= 0.6 is 0 Å². The maximum Gasteiger partial charge on any atom is 0.0782 e. The van der Waals surface area contributed by atoms with Crippen LogP contribution in [-0.4, -0.2) is 31.7 Å². The predicted octanol–water partition coefficient (Wildman–Crippen LogP) is 13.5. The maximum atomic E-state index is 2.46. The van der Waals surface area contributed by atoms with Gasteiger partial charge in [-0.05, 0) is 77.0 Å². The Hall–Kier alpha value is -0.560. The average Bonchev–Trinajstić information content (AvgIpc) is 2.94. The van der Waals surface area contributed by atoms with Gasteiger partial charge in [0.05, 0.1) is 27.2 Å². The third-order valence-corrected chi connectivity index (χ3v) is 8.80. The van der Waals surface area contributed by atoms with E-state index in [4.69, 9.17) is 0 Å². The molecule has 0 atom stereocenters. The quantitative estimate of drug-likeness (QED) is 0.0425. The largest absolute Gasteiger partial charge is 0.328 e. The van der Waals surface area contributed by atoms with Crippen molar-refractivity contribution in [3.8, 4) is 0 Å². The molecule has 0 fully saturated rings. The monoisotopic (exact) mass is 561 g/mol. The molecule has 0 saturated heterocycles. The third kappa shape index (κ3) is 33.6. The lowest BCUT2D eigenvalue weighted by molar-refractivity contribution is -0.890. The molecule has 0 radical (unpaired) electrons. The van der Waals surface area contributed by atoms with Crippen LogP contribution in [0, 0.1) is 0 Å². The van der Waals surface area contributed by atoms with Crippen molar-refractivity contribution >= 4 is 0 Å². The summed E-state index contributed by atoms with van der Waals surface area (Å²) in [6, 6.07) is 0. The Labute approximate surface area is 255 Å². The van der Waals surface area contributed by atoms with Crippen LogP contribution in [0.25, 0.3) is 0 Å². The Morgan fingerprint density at radius 2 is 0.525 bits per heavy atom. The number of nitrogens with zero attached hydrogens (tertiary/aromatic N) is 1. The summed E-state index contributed by atoms with van der Waals surface area (Å²) < 4.78 is 1.23. The van der Waals surface area contributed by atoms with E-state index < -0.39 is 0 Å². The minimum absolute atomic E-state index is 1.23. The second-order valence-corrected chi connectivity index (χ2v) is 13.6. The minimum Gasteiger partial charge on any atom is -0.328 e. The zero-order valence-corrected chi connectivity index (χ0v) is 28.7. The van der Waals surface area contributed by atoms with Gasteiger partial charge in [-0.25, -0.2) is 0 Å². The summed E-state index contributed by atoms with van der Waals surface area (Å²) in [5, 5.41) is 0. The molecule has 0 aromatic rings. The molecule has 0 bridgehead atoms. The van der Waals surface area contributed by atoms with Gasteiger partial charge < -0.3 is 4.48 Å². The van der Waals surface area contributed by atoms with Crippen molar-refractivity contribution < 1.29 is 4.48 Å². The van der Waals surface area contributed by atoms with Crippen molar-refractivity contribution in [2.24, 2.45) is 0 Å². The van der Waals surface area contributed by atoms with E-state index >= 15 is 0 Å². The highest BCUT2D eigenvalue weighted by Gasteiger charge is 2.13. The number of hydrogen-bond donors (Lipinski definition) is 0. The maximum absolute atomic E-state index is 2.46. The van der Waals surface area contributed by atoms with Crippen molar-refractivity contribution in [2.45, 2.75) is 200 Å². The van der Waals surface area contributed by atoms with Crippen molar-refractivity contribution in [3.63, 3.8) is 0 Å².